The van der Waals surface area contributed by atoms with Crippen LogP contribution in [0, 0.1) is 0 Å². The summed E-state index contributed by atoms with van der Waals surface area (Å²) in [4.78, 5) is 0. The maximum atomic E-state index is 6.00. The molecule has 1 unspecified atom stereocenters. The average molecular weight is 229 g/mol. The van der Waals surface area contributed by atoms with Crippen LogP contribution < -0.4 is 5.32 Å². The Bertz CT molecular complexity index is 150. The number of rotatable bonds is 11. The summed E-state index contributed by atoms with van der Waals surface area (Å²) in [6.45, 7) is 11.7. The van der Waals surface area contributed by atoms with E-state index in [0.717, 1.165) is 26.1 Å². The molecular weight excluding hydrogens is 198 g/mol. The highest BCUT2D eigenvalue weighted by Crippen LogP contribution is 2.15. The first-order chi connectivity index (χ1) is 7.68. The molecule has 0 radical (unpaired) electrons. The Labute approximate surface area is 102 Å². The third kappa shape index (κ3) is 8.12. The Kier molecular flexibility index (Phi) is 10.0. The minimum atomic E-state index is 0.0285. The van der Waals surface area contributed by atoms with Crippen LogP contribution in [0.4, 0.5) is 0 Å². The van der Waals surface area contributed by atoms with Crippen LogP contribution in [-0.2, 0) is 4.74 Å². The second kappa shape index (κ2) is 10.1. The molecule has 2 heteroatoms. The first-order valence-electron chi connectivity index (χ1n) is 7.03. The third-order valence-corrected chi connectivity index (χ3v) is 3.20. The zero-order chi connectivity index (χ0) is 12.3. The zero-order valence-electron chi connectivity index (χ0n) is 11.8. The monoisotopic (exact) mass is 229 g/mol. The van der Waals surface area contributed by atoms with Gasteiger partial charge >= 0.3 is 0 Å². The first-order valence-corrected chi connectivity index (χ1v) is 7.03. The molecular formula is C14H31NO. The van der Waals surface area contributed by atoms with Gasteiger partial charge in [-0.25, -0.2) is 0 Å². The van der Waals surface area contributed by atoms with Gasteiger partial charge in [0.05, 0.1) is 5.60 Å². The SMILES string of the molecule is CCCCCCCOC(C)(CC)CNCC. The van der Waals surface area contributed by atoms with E-state index in [2.05, 4.69) is 33.0 Å². The fraction of sp³-hybridized carbons (Fsp3) is 1.00. The Hall–Kier alpha value is -0.0800. The number of likely N-dealkylation sites (N-methyl/N-ethyl adjacent to an activating group) is 1. The van der Waals surface area contributed by atoms with Gasteiger partial charge < -0.3 is 10.1 Å². The molecule has 0 aromatic heterocycles. The lowest BCUT2D eigenvalue weighted by Gasteiger charge is -2.29. The lowest BCUT2D eigenvalue weighted by atomic mass is 10.0. The normalized spacial score (nSPS) is 15.0. The van der Waals surface area contributed by atoms with Gasteiger partial charge in [-0.3, -0.25) is 0 Å². The van der Waals surface area contributed by atoms with E-state index in [1.807, 2.05) is 0 Å². The predicted octanol–water partition coefficient (Wildman–Crippen LogP) is 3.75. The number of unbranched alkanes of at least 4 members (excludes halogenated alkanes) is 4. The standard InChI is InChI=1S/C14H31NO/c1-5-8-9-10-11-12-16-14(4,6-2)13-15-7-3/h15H,5-13H2,1-4H3. The molecule has 0 bridgehead atoms. The Balaban J connectivity index is 3.53. The van der Waals surface area contributed by atoms with Gasteiger partial charge in [0.25, 0.3) is 0 Å². The Morgan fingerprint density at radius 2 is 1.69 bits per heavy atom. The van der Waals surface area contributed by atoms with Crippen molar-refractivity contribution < 1.29 is 4.74 Å². The fourth-order valence-corrected chi connectivity index (χ4v) is 1.69. The van der Waals surface area contributed by atoms with Crippen molar-refractivity contribution in [2.75, 3.05) is 19.7 Å². The highest BCUT2D eigenvalue weighted by Gasteiger charge is 2.21. The van der Waals surface area contributed by atoms with Gasteiger partial charge in [-0.2, -0.15) is 0 Å². The molecule has 2 nitrogen and oxygen atoms in total. The van der Waals surface area contributed by atoms with Gasteiger partial charge in [0, 0.05) is 13.2 Å². The van der Waals surface area contributed by atoms with Crippen LogP contribution in [0.3, 0.4) is 0 Å². The van der Waals surface area contributed by atoms with Crippen LogP contribution in [0.25, 0.3) is 0 Å². The highest BCUT2D eigenvalue weighted by atomic mass is 16.5. The maximum absolute atomic E-state index is 6.00. The van der Waals surface area contributed by atoms with Crippen LogP contribution in [-0.4, -0.2) is 25.3 Å². The quantitative estimate of drug-likeness (QED) is 0.545. The molecule has 0 aromatic carbocycles. The smallest absolute Gasteiger partial charge is 0.0775 e. The molecule has 0 heterocycles. The predicted molar refractivity (Wildman–Crippen MR) is 72.0 cm³/mol. The molecule has 1 atom stereocenters. The minimum Gasteiger partial charge on any atom is -0.374 e. The molecule has 0 saturated carbocycles. The van der Waals surface area contributed by atoms with Crippen LogP contribution >= 0.6 is 0 Å². The van der Waals surface area contributed by atoms with E-state index < -0.39 is 0 Å². The third-order valence-electron chi connectivity index (χ3n) is 3.20. The summed E-state index contributed by atoms with van der Waals surface area (Å²) in [5.74, 6) is 0. The van der Waals surface area contributed by atoms with E-state index in [1.165, 1.54) is 32.1 Å². The number of ether oxygens (including phenoxy) is 1. The fourth-order valence-electron chi connectivity index (χ4n) is 1.69. The molecule has 0 aromatic rings. The largest absolute Gasteiger partial charge is 0.374 e. The van der Waals surface area contributed by atoms with Crippen LogP contribution in [0.2, 0.25) is 0 Å². The second-order valence-electron chi connectivity index (χ2n) is 4.85. The number of hydrogen-bond acceptors (Lipinski definition) is 2. The summed E-state index contributed by atoms with van der Waals surface area (Å²) in [6, 6.07) is 0. The lowest BCUT2D eigenvalue weighted by molar-refractivity contribution is -0.0344. The van der Waals surface area contributed by atoms with Gasteiger partial charge in [-0.05, 0) is 26.3 Å². The first kappa shape index (κ1) is 15.9. The molecule has 0 fully saturated rings. The molecule has 0 aliphatic carbocycles. The van der Waals surface area contributed by atoms with Crippen molar-refractivity contribution in [3.8, 4) is 0 Å². The molecule has 0 rings (SSSR count). The van der Waals surface area contributed by atoms with Crippen molar-refractivity contribution >= 4 is 0 Å². The molecule has 98 valence electrons. The van der Waals surface area contributed by atoms with Gasteiger partial charge in [0.2, 0.25) is 0 Å². The molecule has 0 saturated heterocycles. The lowest BCUT2D eigenvalue weighted by Crippen LogP contribution is -2.40. The van der Waals surface area contributed by atoms with E-state index >= 15 is 0 Å². The minimum absolute atomic E-state index is 0.0285. The van der Waals surface area contributed by atoms with Crippen molar-refractivity contribution in [1.82, 2.24) is 5.32 Å². The van der Waals surface area contributed by atoms with Crippen molar-refractivity contribution in [1.29, 1.82) is 0 Å². The maximum Gasteiger partial charge on any atom is 0.0775 e. The zero-order valence-corrected chi connectivity index (χ0v) is 11.8. The molecule has 0 spiro atoms. The van der Waals surface area contributed by atoms with Gasteiger partial charge in [0.1, 0.15) is 0 Å². The van der Waals surface area contributed by atoms with Crippen LogP contribution in [0.15, 0.2) is 0 Å². The van der Waals surface area contributed by atoms with Crippen molar-refractivity contribution in [2.24, 2.45) is 0 Å². The molecule has 0 aliphatic rings. The summed E-state index contributed by atoms with van der Waals surface area (Å²) >= 11 is 0. The average Bonchev–Trinajstić information content (AvgIpc) is 2.31. The van der Waals surface area contributed by atoms with Gasteiger partial charge in [-0.15, -0.1) is 0 Å². The molecule has 0 aliphatic heterocycles. The number of nitrogens with one attached hydrogen (secondary N) is 1. The second-order valence-corrected chi connectivity index (χ2v) is 4.85. The van der Waals surface area contributed by atoms with Crippen molar-refractivity contribution in [2.45, 2.75) is 71.8 Å². The molecule has 0 amide bonds. The van der Waals surface area contributed by atoms with E-state index in [4.69, 9.17) is 4.74 Å². The Morgan fingerprint density at radius 3 is 2.25 bits per heavy atom. The van der Waals surface area contributed by atoms with E-state index in [-0.39, 0.29) is 5.60 Å². The summed E-state index contributed by atoms with van der Waals surface area (Å²) in [6.07, 6.45) is 7.64. The highest BCUT2D eigenvalue weighted by molar-refractivity contribution is 4.75. The van der Waals surface area contributed by atoms with Crippen LogP contribution in [0.1, 0.15) is 66.2 Å². The van der Waals surface area contributed by atoms with Gasteiger partial charge in [-0.1, -0.05) is 46.5 Å². The van der Waals surface area contributed by atoms with E-state index in [0.29, 0.717) is 0 Å². The van der Waals surface area contributed by atoms with Crippen molar-refractivity contribution in [3.05, 3.63) is 0 Å². The number of hydrogen-bond donors (Lipinski definition) is 1. The van der Waals surface area contributed by atoms with Crippen LogP contribution in [0.5, 0.6) is 0 Å². The van der Waals surface area contributed by atoms with Crippen molar-refractivity contribution in [3.63, 3.8) is 0 Å². The Morgan fingerprint density at radius 1 is 1.00 bits per heavy atom. The summed E-state index contributed by atoms with van der Waals surface area (Å²) in [5.41, 5.74) is 0.0285. The van der Waals surface area contributed by atoms with Gasteiger partial charge in [0.15, 0.2) is 0 Å². The molecule has 1 N–H and O–H groups in total. The topological polar surface area (TPSA) is 21.3 Å². The van der Waals surface area contributed by atoms with E-state index in [9.17, 15) is 0 Å². The summed E-state index contributed by atoms with van der Waals surface area (Å²) in [5, 5.41) is 3.38. The molecule has 16 heavy (non-hydrogen) atoms. The summed E-state index contributed by atoms with van der Waals surface area (Å²) in [7, 11) is 0. The van der Waals surface area contributed by atoms with E-state index in [1.54, 1.807) is 0 Å². The summed E-state index contributed by atoms with van der Waals surface area (Å²) < 4.78 is 6.00.